The first-order valence-electron chi connectivity index (χ1n) is 6.25. The Labute approximate surface area is 103 Å². The highest BCUT2D eigenvalue weighted by Crippen LogP contribution is 2.28. The van der Waals surface area contributed by atoms with Crippen LogP contribution >= 0.6 is 0 Å². The molecular formula is C14H19N3. The van der Waals surface area contributed by atoms with Gasteiger partial charge in [0.15, 0.2) is 0 Å². The molecule has 0 amide bonds. The third-order valence-corrected chi connectivity index (χ3v) is 3.56. The summed E-state index contributed by atoms with van der Waals surface area (Å²) in [5.41, 5.74) is 8.21. The fourth-order valence-electron chi connectivity index (χ4n) is 2.38. The first-order chi connectivity index (χ1) is 8.19. The van der Waals surface area contributed by atoms with Gasteiger partial charge in [0.05, 0.1) is 23.0 Å². The van der Waals surface area contributed by atoms with E-state index in [2.05, 4.69) is 18.3 Å². The van der Waals surface area contributed by atoms with E-state index in [1.54, 1.807) is 12.1 Å². The van der Waals surface area contributed by atoms with Crippen LogP contribution < -0.4 is 11.1 Å². The lowest BCUT2D eigenvalue weighted by Crippen LogP contribution is -2.25. The van der Waals surface area contributed by atoms with Crippen molar-refractivity contribution in [2.75, 3.05) is 11.1 Å². The highest BCUT2D eigenvalue weighted by atomic mass is 14.9. The van der Waals surface area contributed by atoms with Gasteiger partial charge >= 0.3 is 0 Å². The van der Waals surface area contributed by atoms with Gasteiger partial charge in [-0.05, 0) is 49.8 Å². The molecule has 0 heterocycles. The minimum absolute atomic E-state index is 0.502. The van der Waals surface area contributed by atoms with Crippen LogP contribution in [0.3, 0.4) is 0 Å². The van der Waals surface area contributed by atoms with Crippen molar-refractivity contribution in [3.63, 3.8) is 0 Å². The van der Waals surface area contributed by atoms with Crippen LogP contribution in [0.1, 0.15) is 38.2 Å². The minimum Gasteiger partial charge on any atom is -0.397 e. The number of nitrogen functional groups attached to an aromatic ring is 1. The number of nitrogens with zero attached hydrogens (tertiary/aromatic N) is 1. The summed E-state index contributed by atoms with van der Waals surface area (Å²) >= 11 is 0. The first kappa shape index (κ1) is 11.8. The van der Waals surface area contributed by atoms with Crippen molar-refractivity contribution in [2.45, 2.75) is 38.6 Å². The Kier molecular flexibility index (Phi) is 3.53. The molecule has 3 N–H and O–H groups in total. The maximum atomic E-state index is 8.87. The number of nitriles is 1. The van der Waals surface area contributed by atoms with Crippen molar-refractivity contribution in [3.8, 4) is 6.07 Å². The monoisotopic (exact) mass is 229 g/mol. The molecule has 1 fully saturated rings. The number of hydrogen-bond acceptors (Lipinski definition) is 3. The molecule has 0 atom stereocenters. The Morgan fingerprint density at radius 2 is 2.00 bits per heavy atom. The molecule has 1 saturated carbocycles. The van der Waals surface area contributed by atoms with Crippen LogP contribution in [0, 0.1) is 17.2 Å². The average molecular weight is 229 g/mol. The Hall–Kier alpha value is -1.69. The smallest absolute Gasteiger partial charge is 0.0992 e. The maximum Gasteiger partial charge on any atom is 0.0992 e. The van der Waals surface area contributed by atoms with Gasteiger partial charge in [-0.25, -0.2) is 0 Å². The summed E-state index contributed by atoms with van der Waals surface area (Å²) in [6, 6.07) is 8.04. The Morgan fingerprint density at radius 1 is 1.29 bits per heavy atom. The van der Waals surface area contributed by atoms with Crippen LogP contribution in [0.15, 0.2) is 18.2 Å². The molecular weight excluding hydrogens is 210 g/mol. The molecule has 17 heavy (non-hydrogen) atoms. The van der Waals surface area contributed by atoms with Crippen LogP contribution in [0.25, 0.3) is 0 Å². The van der Waals surface area contributed by atoms with Gasteiger partial charge in [0.2, 0.25) is 0 Å². The van der Waals surface area contributed by atoms with E-state index in [-0.39, 0.29) is 0 Å². The molecule has 2 rings (SSSR count). The number of nitrogens with two attached hydrogens (primary N) is 1. The SMILES string of the molecule is CC1CCC(Nc2cc(C#N)ccc2N)CC1. The molecule has 0 aromatic heterocycles. The van der Waals surface area contributed by atoms with Crippen molar-refractivity contribution in [2.24, 2.45) is 5.92 Å². The quantitative estimate of drug-likeness (QED) is 0.766. The minimum atomic E-state index is 0.502. The third kappa shape index (κ3) is 2.91. The zero-order valence-corrected chi connectivity index (χ0v) is 10.2. The number of rotatable bonds is 2. The summed E-state index contributed by atoms with van der Waals surface area (Å²) in [5, 5.41) is 12.3. The lowest BCUT2D eigenvalue weighted by molar-refractivity contribution is 0.361. The lowest BCUT2D eigenvalue weighted by Gasteiger charge is -2.28. The fraction of sp³-hybridized carbons (Fsp3) is 0.500. The summed E-state index contributed by atoms with van der Waals surface area (Å²) in [5.74, 6) is 0.843. The topological polar surface area (TPSA) is 61.8 Å². The molecule has 0 spiro atoms. The average Bonchev–Trinajstić information content (AvgIpc) is 2.35. The molecule has 1 aromatic rings. The van der Waals surface area contributed by atoms with Crippen molar-refractivity contribution in [1.29, 1.82) is 5.26 Å². The van der Waals surface area contributed by atoms with Crippen LogP contribution in [0.4, 0.5) is 11.4 Å². The second-order valence-electron chi connectivity index (χ2n) is 5.01. The van der Waals surface area contributed by atoms with E-state index in [4.69, 9.17) is 11.0 Å². The highest BCUT2D eigenvalue weighted by molar-refractivity contribution is 5.68. The summed E-state index contributed by atoms with van der Waals surface area (Å²) in [4.78, 5) is 0. The Morgan fingerprint density at radius 3 is 2.65 bits per heavy atom. The summed E-state index contributed by atoms with van der Waals surface area (Å²) < 4.78 is 0. The van der Waals surface area contributed by atoms with E-state index in [1.807, 2.05) is 6.07 Å². The van der Waals surface area contributed by atoms with Crippen LogP contribution in [0.5, 0.6) is 0 Å². The second kappa shape index (κ2) is 5.09. The van der Waals surface area contributed by atoms with Gasteiger partial charge in [-0.1, -0.05) is 6.92 Å². The van der Waals surface area contributed by atoms with Gasteiger partial charge in [-0.3, -0.25) is 0 Å². The van der Waals surface area contributed by atoms with Crippen molar-refractivity contribution in [1.82, 2.24) is 0 Å². The molecule has 0 saturated heterocycles. The normalized spacial score (nSPS) is 24.0. The summed E-state index contributed by atoms with van der Waals surface area (Å²) in [7, 11) is 0. The largest absolute Gasteiger partial charge is 0.397 e. The lowest BCUT2D eigenvalue weighted by atomic mass is 9.87. The zero-order valence-electron chi connectivity index (χ0n) is 10.2. The van der Waals surface area contributed by atoms with Gasteiger partial charge in [-0.2, -0.15) is 5.26 Å². The predicted molar refractivity (Wildman–Crippen MR) is 70.6 cm³/mol. The predicted octanol–water partition coefficient (Wildman–Crippen LogP) is 3.13. The molecule has 1 aliphatic rings. The molecule has 90 valence electrons. The van der Waals surface area contributed by atoms with E-state index in [1.165, 1.54) is 25.7 Å². The second-order valence-corrected chi connectivity index (χ2v) is 5.01. The van der Waals surface area contributed by atoms with E-state index in [0.29, 0.717) is 11.6 Å². The van der Waals surface area contributed by atoms with E-state index < -0.39 is 0 Å². The number of anilines is 2. The van der Waals surface area contributed by atoms with E-state index in [0.717, 1.165) is 17.3 Å². The third-order valence-electron chi connectivity index (χ3n) is 3.56. The van der Waals surface area contributed by atoms with Crippen LogP contribution in [0.2, 0.25) is 0 Å². The molecule has 0 aliphatic heterocycles. The van der Waals surface area contributed by atoms with Gasteiger partial charge in [0.25, 0.3) is 0 Å². The molecule has 0 unspecified atom stereocenters. The van der Waals surface area contributed by atoms with Crippen LogP contribution in [-0.2, 0) is 0 Å². The number of nitrogens with one attached hydrogen (secondary N) is 1. The van der Waals surface area contributed by atoms with Gasteiger partial charge in [0.1, 0.15) is 0 Å². The standard InChI is InChI=1S/C14H19N3/c1-10-2-5-12(6-3-10)17-14-8-11(9-15)4-7-13(14)16/h4,7-8,10,12,17H,2-3,5-6,16H2,1H3. The molecule has 3 heteroatoms. The zero-order chi connectivity index (χ0) is 12.3. The summed E-state index contributed by atoms with van der Waals surface area (Å²) in [6.45, 7) is 2.31. The molecule has 0 bridgehead atoms. The molecule has 0 radical (unpaired) electrons. The Balaban J connectivity index is 2.05. The molecule has 3 nitrogen and oxygen atoms in total. The fourth-order valence-corrected chi connectivity index (χ4v) is 2.38. The van der Waals surface area contributed by atoms with Crippen molar-refractivity contribution in [3.05, 3.63) is 23.8 Å². The van der Waals surface area contributed by atoms with Gasteiger partial charge in [0, 0.05) is 6.04 Å². The van der Waals surface area contributed by atoms with Crippen molar-refractivity contribution < 1.29 is 0 Å². The summed E-state index contributed by atoms with van der Waals surface area (Å²) in [6.07, 6.45) is 4.93. The van der Waals surface area contributed by atoms with Crippen LogP contribution in [-0.4, -0.2) is 6.04 Å². The van der Waals surface area contributed by atoms with E-state index >= 15 is 0 Å². The Bertz CT molecular complexity index is 426. The van der Waals surface area contributed by atoms with Gasteiger partial charge < -0.3 is 11.1 Å². The number of hydrogen-bond donors (Lipinski definition) is 2. The van der Waals surface area contributed by atoms with Gasteiger partial charge in [-0.15, -0.1) is 0 Å². The molecule has 1 aromatic carbocycles. The highest BCUT2D eigenvalue weighted by Gasteiger charge is 2.18. The number of benzene rings is 1. The molecule has 1 aliphatic carbocycles. The van der Waals surface area contributed by atoms with Crippen molar-refractivity contribution >= 4 is 11.4 Å². The van der Waals surface area contributed by atoms with E-state index in [9.17, 15) is 0 Å². The maximum absolute atomic E-state index is 8.87. The first-order valence-corrected chi connectivity index (χ1v) is 6.25.